The zero-order chi connectivity index (χ0) is 20.1. The summed E-state index contributed by atoms with van der Waals surface area (Å²) in [4.78, 5) is 14.1. The SMILES string of the molecule is CCCCN(CCCC(=O)NCCC[Si](C)(C)O[SiH3])CCCS(=O)(=O)O. The van der Waals surface area contributed by atoms with Crippen LogP contribution in [0.1, 0.15) is 45.4 Å². The van der Waals surface area contributed by atoms with E-state index in [-0.39, 0.29) is 11.7 Å². The lowest BCUT2D eigenvalue weighted by atomic mass is 10.2. The average Bonchev–Trinajstić information content (AvgIpc) is 2.55. The van der Waals surface area contributed by atoms with Crippen molar-refractivity contribution in [3.8, 4) is 0 Å². The second-order valence-electron chi connectivity index (χ2n) is 7.36. The first kappa shape index (κ1) is 25.7. The number of rotatable bonds is 16. The predicted octanol–water partition coefficient (Wildman–Crippen LogP) is 1.16. The second-order valence-corrected chi connectivity index (χ2v) is 14.6. The van der Waals surface area contributed by atoms with E-state index in [4.69, 9.17) is 8.67 Å². The van der Waals surface area contributed by atoms with Crippen molar-refractivity contribution < 1.29 is 21.9 Å². The quantitative estimate of drug-likeness (QED) is 0.218. The van der Waals surface area contributed by atoms with Gasteiger partial charge in [0, 0.05) is 13.0 Å². The van der Waals surface area contributed by atoms with Crippen molar-refractivity contribution in [2.24, 2.45) is 0 Å². The summed E-state index contributed by atoms with van der Waals surface area (Å²) in [7, 11) is -4.60. The Morgan fingerprint density at radius 1 is 1.15 bits per heavy atom. The Morgan fingerprint density at radius 3 is 2.35 bits per heavy atom. The molecule has 0 unspecified atom stereocenters. The van der Waals surface area contributed by atoms with Gasteiger partial charge in [-0.25, -0.2) is 0 Å². The van der Waals surface area contributed by atoms with Crippen LogP contribution < -0.4 is 5.32 Å². The van der Waals surface area contributed by atoms with Crippen molar-refractivity contribution in [2.45, 2.75) is 64.6 Å². The molecule has 0 radical (unpaired) electrons. The van der Waals surface area contributed by atoms with Crippen LogP contribution >= 0.6 is 0 Å². The van der Waals surface area contributed by atoms with Gasteiger partial charge < -0.3 is 14.3 Å². The van der Waals surface area contributed by atoms with Gasteiger partial charge in [-0.3, -0.25) is 9.35 Å². The number of unbranched alkanes of at least 4 members (excludes halogenated alkanes) is 1. The first-order chi connectivity index (χ1) is 12.1. The minimum Gasteiger partial charge on any atom is -0.463 e. The van der Waals surface area contributed by atoms with Gasteiger partial charge in [-0.05, 0) is 64.5 Å². The van der Waals surface area contributed by atoms with Gasteiger partial charge in [0.15, 0.2) is 8.32 Å². The van der Waals surface area contributed by atoms with Gasteiger partial charge in [0.05, 0.1) is 5.75 Å². The van der Waals surface area contributed by atoms with E-state index in [1.807, 2.05) is 0 Å². The van der Waals surface area contributed by atoms with Crippen molar-refractivity contribution >= 4 is 34.8 Å². The minimum absolute atomic E-state index is 0.0737. The first-order valence-corrected chi connectivity index (χ1v) is 15.1. The molecule has 0 atom stereocenters. The van der Waals surface area contributed by atoms with Gasteiger partial charge in [0.2, 0.25) is 5.91 Å². The summed E-state index contributed by atoms with van der Waals surface area (Å²) in [5.41, 5.74) is 0. The monoisotopic (exact) mass is 426 g/mol. The van der Waals surface area contributed by atoms with Crippen LogP contribution in [0.15, 0.2) is 0 Å². The molecule has 0 aromatic heterocycles. The molecule has 0 aromatic rings. The summed E-state index contributed by atoms with van der Waals surface area (Å²) in [5, 5.41) is 2.97. The molecule has 0 rings (SSSR count). The van der Waals surface area contributed by atoms with Gasteiger partial charge in [0.1, 0.15) is 10.5 Å². The Hall–Kier alpha value is -0.266. The lowest BCUT2D eigenvalue weighted by Crippen LogP contribution is -2.32. The topological polar surface area (TPSA) is 95.9 Å². The van der Waals surface area contributed by atoms with Crippen molar-refractivity contribution in [3.63, 3.8) is 0 Å². The van der Waals surface area contributed by atoms with E-state index in [9.17, 15) is 13.2 Å². The highest BCUT2D eigenvalue weighted by Crippen LogP contribution is 2.11. The zero-order valence-corrected chi connectivity index (χ0v) is 20.7. The van der Waals surface area contributed by atoms with E-state index in [0.29, 0.717) is 25.9 Å². The molecule has 7 nitrogen and oxygen atoms in total. The van der Waals surface area contributed by atoms with Crippen molar-refractivity contribution in [1.29, 1.82) is 0 Å². The summed E-state index contributed by atoms with van der Waals surface area (Å²) in [6.45, 7) is 9.51. The average molecular weight is 427 g/mol. The zero-order valence-electron chi connectivity index (χ0n) is 16.9. The van der Waals surface area contributed by atoms with Crippen molar-refractivity contribution in [2.75, 3.05) is 31.9 Å². The Morgan fingerprint density at radius 2 is 1.77 bits per heavy atom. The van der Waals surface area contributed by atoms with E-state index in [0.717, 1.165) is 55.3 Å². The summed E-state index contributed by atoms with van der Waals surface area (Å²) in [5.74, 6) is -0.135. The van der Waals surface area contributed by atoms with E-state index >= 15 is 0 Å². The fraction of sp³-hybridized carbons (Fsp3) is 0.938. The molecule has 0 heterocycles. The van der Waals surface area contributed by atoms with Crippen LogP contribution in [0.4, 0.5) is 0 Å². The van der Waals surface area contributed by atoms with Crippen LogP contribution in [0.25, 0.3) is 0 Å². The lowest BCUT2D eigenvalue weighted by Gasteiger charge is -2.22. The van der Waals surface area contributed by atoms with Crippen LogP contribution in [0.2, 0.25) is 19.1 Å². The standard InChI is InChI=1S/C16H38N2O5SSi2/c1-4-5-11-18(13-8-14-24(20,21)22)12-6-9-16(19)17-10-7-15-26(2,3)23-25/h4-15H2,1-3,25H3,(H,17,19)(H,20,21,22). The van der Waals surface area contributed by atoms with E-state index in [2.05, 4.69) is 30.2 Å². The van der Waals surface area contributed by atoms with Gasteiger partial charge in [-0.2, -0.15) is 8.42 Å². The Balaban J connectivity index is 3.98. The number of hydrogen-bond acceptors (Lipinski definition) is 5. The third-order valence-electron chi connectivity index (χ3n) is 4.41. The lowest BCUT2D eigenvalue weighted by molar-refractivity contribution is -0.121. The minimum atomic E-state index is -3.89. The third kappa shape index (κ3) is 15.9. The molecule has 10 heteroatoms. The molecule has 1 amide bonds. The Labute approximate surface area is 163 Å². The first-order valence-electron chi connectivity index (χ1n) is 9.59. The molecular weight excluding hydrogens is 388 g/mol. The molecule has 0 fully saturated rings. The van der Waals surface area contributed by atoms with Gasteiger partial charge in [-0.15, -0.1) is 0 Å². The van der Waals surface area contributed by atoms with E-state index in [1.54, 1.807) is 0 Å². The number of hydrogen-bond donors (Lipinski definition) is 2. The van der Waals surface area contributed by atoms with Gasteiger partial charge in [0.25, 0.3) is 10.1 Å². The normalized spacial score (nSPS) is 12.7. The van der Waals surface area contributed by atoms with Crippen LogP contribution in [-0.4, -0.2) is 74.5 Å². The molecule has 0 spiro atoms. The molecule has 0 saturated heterocycles. The third-order valence-corrected chi connectivity index (χ3v) is 11.2. The molecule has 0 aliphatic heterocycles. The smallest absolute Gasteiger partial charge is 0.264 e. The molecule has 0 aliphatic rings. The largest absolute Gasteiger partial charge is 0.463 e. The maximum atomic E-state index is 11.9. The molecule has 0 aromatic carbocycles. The number of nitrogens with zero attached hydrogens (tertiary/aromatic N) is 1. The number of carbonyl (C=O) groups is 1. The molecule has 0 aliphatic carbocycles. The fourth-order valence-corrected chi connectivity index (χ4v) is 4.92. The van der Waals surface area contributed by atoms with Crippen molar-refractivity contribution in [3.05, 3.63) is 0 Å². The van der Waals surface area contributed by atoms with Gasteiger partial charge >= 0.3 is 0 Å². The Bertz CT molecular complexity index is 489. The highest BCUT2D eigenvalue weighted by Gasteiger charge is 2.18. The molecule has 0 bridgehead atoms. The van der Waals surface area contributed by atoms with Crippen molar-refractivity contribution in [1.82, 2.24) is 10.2 Å². The molecule has 2 N–H and O–H groups in total. The highest BCUT2D eigenvalue weighted by atomic mass is 32.2. The molecular formula is C16H38N2O5SSi2. The summed E-state index contributed by atoms with van der Waals surface area (Å²) in [6.07, 6.45) is 4.73. The number of carbonyl (C=O) groups excluding carboxylic acids is 1. The van der Waals surface area contributed by atoms with Crippen LogP contribution in [0.3, 0.4) is 0 Å². The van der Waals surface area contributed by atoms with Crippen LogP contribution in [0, 0.1) is 0 Å². The van der Waals surface area contributed by atoms with Gasteiger partial charge in [-0.1, -0.05) is 13.3 Å². The molecule has 26 heavy (non-hydrogen) atoms. The highest BCUT2D eigenvalue weighted by molar-refractivity contribution is 7.85. The van der Waals surface area contributed by atoms with Crippen LogP contribution in [-0.2, 0) is 19.0 Å². The summed E-state index contributed by atoms with van der Waals surface area (Å²) in [6, 6.07) is 1.06. The molecule has 0 saturated carbocycles. The second kappa shape index (κ2) is 13.8. The summed E-state index contributed by atoms with van der Waals surface area (Å²) >= 11 is 0. The Kier molecular flexibility index (Phi) is 13.7. The number of nitrogens with one attached hydrogen (secondary N) is 1. The maximum absolute atomic E-state index is 11.9. The van der Waals surface area contributed by atoms with E-state index < -0.39 is 18.4 Å². The predicted molar refractivity (Wildman–Crippen MR) is 113 cm³/mol. The summed E-state index contributed by atoms with van der Waals surface area (Å²) < 4.78 is 36.1. The molecule has 156 valence electrons. The maximum Gasteiger partial charge on any atom is 0.264 e. The van der Waals surface area contributed by atoms with Crippen LogP contribution in [0.5, 0.6) is 0 Å². The van der Waals surface area contributed by atoms with E-state index in [1.165, 1.54) is 0 Å². The fourth-order valence-electron chi connectivity index (χ4n) is 2.58. The number of amides is 1.